The van der Waals surface area contributed by atoms with Gasteiger partial charge in [0.15, 0.2) is 0 Å². The second kappa shape index (κ2) is 14.8. The van der Waals surface area contributed by atoms with Crippen molar-refractivity contribution in [2.45, 2.75) is 65.1 Å². The van der Waals surface area contributed by atoms with Gasteiger partial charge in [0.2, 0.25) is 5.82 Å². The van der Waals surface area contributed by atoms with E-state index in [2.05, 4.69) is 32.6 Å². The lowest BCUT2D eigenvalue weighted by Crippen LogP contribution is -2.42. The van der Waals surface area contributed by atoms with Gasteiger partial charge in [0.05, 0.1) is 5.56 Å². The molecule has 5 rings (SSSR count). The quantitative estimate of drug-likeness (QED) is 0.173. The molecule has 2 amide bonds. The lowest BCUT2D eigenvalue weighted by Gasteiger charge is -2.30. The summed E-state index contributed by atoms with van der Waals surface area (Å²) in [5.41, 5.74) is 2.20. The lowest BCUT2D eigenvalue weighted by molar-refractivity contribution is -0.139. The summed E-state index contributed by atoms with van der Waals surface area (Å²) < 4.78 is 25.9. The number of hydrogen-bond donors (Lipinski definition) is 3. The maximum Gasteiger partial charge on any atom is 0.412 e. The number of aromatic nitrogens is 2. The largest absolute Gasteiger partial charge is 0.480 e. The van der Waals surface area contributed by atoms with Crippen LogP contribution in [0.15, 0.2) is 71.3 Å². The van der Waals surface area contributed by atoms with Crippen molar-refractivity contribution in [1.82, 2.24) is 20.4 Å². The number of rotatable bonds is 10. The van der Waals surface area contributed by atoms with E-state index in [1.807, 2.05) is 6.07 Å². The normalized spacial score (nSPS) is 14.7. The molecule has 2 heterocycles. The molecule has 1 fully saturated rings. The van der Waals surface area contributed by atoms with E-state index in [4.69, 9.17) is 9.26 Å². The van der Waals surface area contributed by atoms with Crippen LogP contribution < -0.4 is 10.6 Å². The molecule has 11 nitrogen and oxygen atoms in total. The number of carboxylic acid groups (broad SMARTS) is 1. The van der Waals surface area contributed by atoms with Gasteiger partial charge in [0, 0.05) is 29.8 Å². The maximum atomic E-state index is 15.3. The number of piperidine rings is 1. The van der Waals surface area contributed by atoms with Crippen LogP contribution in [0, 0.1) is 11.7 Å². The van der Waals surface area contributed by atoms with Crippen LogP contribution in [0.25, 0.3) is 22.8 Å². The van der Waals surface area contributed by atoms with Crippen LogP contribution in [-0.2, 0) is 22.5 Å². The standard InChI is InChI=1S/C36H40FN5O6/c1-22-14-16-42(17-15-22)21-24-6-5-7-26(18-24)32(43)39-30(34(44)45)20-23-8-13-28(29(37)19-23)31-40-33(48-41-31)25-9-11-27(12-10-25)38-35(46)47-36(2,3)4/h5-13,18-19,22,30H,14-17,20-21H2,1-4H3,(H,38,46)(H,39,43)(H,44,45). The molecule has 1 aliphatic heterocycles. The number of nitrogens with zero attached hydrogens (tertiary/aromatic N) is 3. The minimum absolute atomic E-state index is 0.00652. The van der Waals surface area contributed by atoms with Gasteiger partial charge in [0.25, 0.3) is 11.8 Å². The van der Waals surface area contributed by atoms with E-state index in [9.17, 15) is 19.5 Å². The second-order valence-corrected chi connectivity index (χ2v) is 13.2. The van der Waals surface area contributed by atoms with Gasteiger partial charge in [-0.25, -0.2) is 14.0 Å². The van der Waals surface area contributed by atoms with E-state index in [0.29, 0.717) is 22.4 Å². The summed E-state index contributed by atoms with van der Waals surface area (Å²) in [6.45, 7) is 10.3. The van der Waals surface area contributed by atoms with E-state index in [-0.39, 0.29) is 23.7 Å². The van der Waals surface area contributed by atoms with Crippen molar-refractivity contribution < 1.29 is 33.1 Å². The van der Waals surface area contributed by atoms with Crippen LogP contribution in [-0.4, -0.2) is 62.8 Å². The predicted octanol–water partition coefficient (Wildman–Crippen LogP) is 6.55. The molecule has 3 N–H and O–H groups in total. The van der Waals surface area contributed by atoms with E-state index in [1.54, 1.807) is 69.3 Å². The van der Waals surface area contributed by atoms with Gasteiger partial charge < -0.3 is 19.7 Å². The number of hydrogen-bond acceptors (Lipinski definition) is 8. The number of ether oxygens (including phenoxy) is 1. The fraction of sp³-hybridized carbons (Fsp3) is 0.361. The maximum absolute atomic E-state index is 15.3. The number of anilines is 1. The van der Waals surface area contributed by atoms with Gasteiger partial charge >= 0.3 is 12.1 Å². The minimum Gasteiger partial charge on any atom is -0.480 e. The number of aliphatic carboxylic acids is 1. The third-order valence-electron chi connectivity index (χ3n) is 7.99. The number of amides is 2. The number of carboxylic acids is 1. The Morgan fingerprint density at radius 2 is 1.77 bits per heavy atom. The van der Waals surface area contributed by atoms with E-state index < -0.39 is 35.4 Å². The van der Waals surface area contributed by atoms with Crippen molar-refractivity contribution >= 4 is 23.7 Å². The van der Waals surface area contributed by atoms with Gasteiger partial charge in [-0.15, -0.1) is 0 Å². The third-order valence-corrected chi connectivity index (χ3v) is 7.99. The Balaban J connectivity index is 1.21. The number of likely N-dealkylation sites (tertiary alicyclic amines) is 1. The third kappa shape index (κ3) is 9.25. The molecule has 1 atom stereocenters. The molecule has 0 spiro atoms. The van der Waals surface area contributed by atoms with Gasteiger partial charge in [-0.1, -0.05) is 30.3 Å². The van der Waals surface area contributed by atoms with Crippen LogP contribution in [0.2, 0.25) is 0 Å². The van der Waals surface area contributed by atoms with Gasteiger partial charge in [-0.2, -0.15) is 4.98 Å². The first kappa shape index (κ1) is 34.2. The molecule has 0 aliphatic carbocycles. The van der Waals surface area contributed by atoms with Crippen molar-refractivity contribution in [1.29, 1.82) is 0 Å². The minimum atomic E-state index is -1.28. The summed E-state index contributed by atoms with van der Waals surface area (Å²) in [6, 6.07) is 16.7. The highest BCUT2D eigenvalue weighted by molar-refractivity contribution is 5.96. The van der Waals surface area contributed by atoms with Crippen molar-refractivity contribution in [2.24, 2.45) is 5.92 Å². The molecular weight excluding hydrogens is 617 g/mol. The predicted molar refractivity (Wildman–Crippen MR) is 178 cm³/mol. The first-order valence-corrected chi connectivity index (χ1v) is 15.9. The Morgan fingerprint density at radius 1 is 1.04 bits per heavy atom. The number of benzene rings is 3. The molecule has 1 unspecified atom stereocenters. The van der Waals surface area contributed by atoms with Crippen LogP contribution in [0.3, 0.4) is 0 Å². The highest BCUT2D eigenvalue weighted by atomic mass is 19.1. The lowest BCUT2D eigenvalue weighted by atomic mass is 9.98. The Labute approximate surface area is 278 Å². The smallest absolute Gasteiger partial charge is 0.412 e. The monoisotopic (exact) mass is 657 g/mol. The summed E-state index contributed by atoms with van der Waals surface area (Å²) >= 11 is 0. The zero-order valence-electron chi connectivity index (χ0n) is 27.5. The molecule has 3 aromatic carbocycles. The molecule has 252 valence electrons. The fourth-order valence-corrected chi connectivity index (χ4v) is 5.40. The fourth-order valence-electron chi connectivity index (χ4n) is 5.40. The van der Waals surface area contributed by atoms with Gasteiger partial charge in [0.1, 0.15) is 17.5 Å². The molecule has 1 aromatic heterocycles. The van der Waals surface area contributed by atoms with Crippen molar-refractivity contribution in [3.63, 3.8) is 0 Å². The SMILES string of the molecule is CC1CCN(Cc2cccc(C(=O)NC(Cc3ccc(-c4noc(-c5ccc(NC(=O)OC(C)(C)C)cc5)n4)c(F)c3)C(=O)O)c2)CC1. The molecule has 0 bridgehead atoms. The number of halogens is 1. The van der Waals surface area contributed by atoms with Gasteiger partial charge in [-0.05, 0) is 112 Å². The topological polar surface area (TPSA) is 147 Å². The van der Waals surface area contributed by atoms with Crippen LogP contribution in [0.1, 0.15) is 62.0 Å². The summed E-state index contributed by atoms with van der Waals surface area (Å²) in [6.07, 6.45) is 1.56. The summed E-state index contributed by atoms with van der Waals surface area (Å²) in [7, 11) is 0. The summed E-state index contributed by atoms with van der Waals surface area (Å²) in [5, 5.41) is 19.0. The average molecular weight is 658 g/mol. The van der Waals surface area contributed by atoms with Crippen LogP contribution in [0.4, 0.5) is 14.9 Å². The molecule has 1 saturated heterocycles. The van der Waals surface area contributed by atoms with Gasteiger partial charge in [-0.3, -0.25) is 15.0 Å². The highest BCUT2D eigenvalue weighted by Gasteiger charge is 2.24. The Morgan fingerprint density at radius 3 is 2.44 bits per heavy atom. The average Bonchev–Trinajstić information content (AvgIpc) is 3.51. The molecule has 48 heavy (non-hydrogen) atoms. The zero-order valence-corrected chi connectivity index (χ0v) is 27.5. The first-order valence-electron chi connectivity index (χ1n) is 15.9. The van der Waals surface area contributed by atoms with E-state index >= 15 is 4.39 Å². The Hall–Kier alpha value is -5.10. The number of nitrogens with one attached hydrogen (secondary N) is 2. The first-order chi connectivity index (χ1) is 22.8. The number of carbonyl (C=O) groups is 3. The molecule has 12 heteroatoms. The molecule has 4 aromatic rings. The zero-order chi connectivity index (χ0) is 34.4. The Kier molecular flexibility index (Phi) is 10.5. The number of carbonyl (C=O) groups excluding carboxylic acids is 2. The highest BCUT2D eigenvalue weighted by Crippen LogP contribution is 2.26. The van der Waals surface area contributed by atoms with Crippen molar-refractivity contribution in [3.8, 4) is 22.8 Å². The summed E-state index contributed by atoms with van der Waals surface area (Å²) in [5.74, 6) is -1.56. The van der Waals surface area contributed by atoms with E-state index in [1.165, 1.54) is 12.1 Å². The summed E-state index contributed by atoms with van der Waals surface area (Å²) in [4.78, 5) is 43.8. The van der Waals surface area contributed by atoms with Crippen LogP contribution >= 0.6 is 0 Å². The molecule has 1 aliphatic rings. The van der Waals surface area contributed by atoms with E-state index in [0.717, 1.165) is 44.0 Å². The molecular formula is C36H40FN5O6. The second-order valence-electron chi connectivity index (χ2n) is 13.2. The Bertz CT molecular complexity index is 1760. The molecule has 0 radical (unpaired) electrons. The van der Waals surface area contributed by atoms with Crippen molar-refractivity contribution in [2.75, 3.05) is 18.4 Å². The van der Waals surface area contributed by atoms with Crippen molar-refractivity contribution in [3.05, 3.63) is 89.2 Å². The van der Waals surface area contributed by atoms with Crippen LogP contribution in [0.5, 0.6) is 0 Å². The molecule has 0 saturated carbocycles.